The van der Waals surface area contributed by atoms with Crippen LogP contribution in [0.4, 0.5) is 5.82 Å². The highest BCUT2D eigenvalue weighted by Gasteiger charge is 2.52. The quantitative estimate of drug-likeness (QED) is 0.876. The van der Waals surface area contributed by atoms with Crippen LogP contribution in [0.3, 0.4) is 0 Å². The molecule has 1 aliphatic heterocycles. The molecule has 1 aromatic heterocycles. The second kappa shape index (κ2) is 6.44. The molecule has 2 fully saturated rings. The van der Waals surface area contributed by atoms with Crippen molar-refractivity contribution in [2.24, 2.45) is 0 Å². The minimum atomic E-state index is -0.514. The average Bonchev–Trinajstić information content (AvgIpc) is 3.29. The lowest BCUT2D eigenvalue weighted by molar-refractivity contribution is -0.118. The predicted octanol–water partition coefficient (Wildman–Crippen LogP) is 2.58. The van der Waals surface area contributed by atoms with Gasteiger partial charge in [0, 0.05) is 5.56 Å². The molecule has 0 spiro atoms. The van der Waals surface area contributed by atoms with Crippen LogP contribution in [0.2, 0.25) is 0 Å². The van der Waals surface area contributed by atoms with Crippen molar-refractivity contribution in [1.82, 2.24) is 15.5 Å². The van der Waals surface area contributed by atoms with Crippen LogP contribution < -0.4 is 15.4 Å². The van der Waals surface area contributed by atoms with Gasteiger partial charge in [-0.3, -0.25) is 4.79 Å². The van der Waals surface area contributed by atoms with E-state index in [4.69, 9.17) is 4.74 Å². The second-order valence-corrected chi connectivity index (χ2v) is 6.73. The molecule has 2 heterocycles. The third-order valence-corrected chi connectivity index (χ3v) is 5.15. The van der Waals surface area contributed by atoms with Crippen molar-refractivity contribution in [3.63, 3.8) is 0 Å². The van der Waals surface area contributed by atoms with E-state index >= 15 is 0 Å². The van der Waals surface area contributed by atoms with Crippen LogP contribution in [0.1, 0.15) is 43.0 Å². The summed E-state index contributed by atoms with van der Waals surface area (Å²) in [6, 6.07) is 11.8. The van der Waals surface area contributed by atoms with Crippen molar-refractivity contribution >= 4 is 11.7 Å². The van der Waals surface area contributed by atoms with Crippen LogP contribution in [0.25, 0.3) is 0 Å². The number of ether oxygens (including phenoxy) is 1. The number of nitrogens with one attached hydrogen (secondary N) is 2. The summed E-state index contributed by atoms with van der Waals surface area (Å²) in [6.45, 7) is 1.02. The van der Waals surface area contributed by atoms with Gasteiger partial charge < -0.3 is 15.4 Å². The summed E-state index contributed by atoms with van der Waals surface area (Å²) in [7, 11) is 1.63. The number of nitrogens with zero attached hydrogens (tertiary/aromatic N) is 2. The lowest BCUT2D eigenvalue weighted by atomic mass is 9.94. The van der Waals surface area contributed by atoms with Crippen LogP contribution in [0.5, 0.6) is 5.75 Å². The Morgan fingerprint density at radius 2 is 2.08 bits per heavy atom. The summed E-state index contributed by atoms with van der Waals surface area (Å²) >= 11 is 0. The van der Waals surface area contributed by atoms with E-state index in [1.807, 2.05) is 36.4 Å². The molecule has 1 saturated carbocycles. The van der Waals surface area contributed by atoms with Gasteiger partial charge in [0.25, 0.3) is 0 Å². The molecule has 1 atom stereocenters. The zero-order chi connectivity index (χ0) is 17.3. The maximum absolute atomic E-state index is 12.9. The van der Waals surface area contributed by atoms with Gasteiger partial charge in [0.05, 0.1) is 24.3 Å². The molecule has 1 unspecified atom stereocenters. The van der Waals surface area contributed by atoms with Gasteiger partial charge >= 0.3 is 0 Å². The molecule has 2 N–H and O–H groups in total. The molecule has 4 rings (SSSR count). The van der Waals surface area contributed by atoms with Crippen LogP contribution in [-0.2, 0) is 10.2 Å². The van der Waals surface area contributed by atoms with E-state index in [0.717, 1.165) is 49.2 Å². The number of carbonyl (C=O) groups excluding carboxylic acids is 1. The fraction of sp³-hybridized carbons (Fsp3) is 0.421. The van der Waals surface area contributed by atoms with Crippen molar-refractivity contribution in [3.8, 4) is 5.75 Å². The molecule has 1 aromatic carbocycles. The molecule has 6 nitrogen and oxygen atoms in total. The van der Waals surface area contributed by atoms with Gasteiger partial charge in [-0.1, -0.05) is 18.2 Å². The Morgan fingerprint density at radius 3 is 2.72 bits per heavy atom. The molecular formula is C19H22N4O2. The van der Waals surface area contributed by atoms with Crippen LogP contribution in [0, 0.1) is 0 Å². The first kappa shape index (κ1) is 16.0. The van der Waals surface area contributed by atoms with E-state index in [1.54, 1.807) is 7.11 Å². The highest BCUT2D eigenvalue weighted by atomic mass is 16.5. The molecule has 1 saturated heterocycles. The largest absolute Gasteiger partial charge is 0.496 e. The van der Waals surface area contributed by atoms with Crippen molar-refractivity contribution in [1.29, 1.82) is 0 Å². The SMILES string of the molecule is COc1ccccc1C1(C(=O)Nc2ccc(C3CCCN3)nn2)CC1. The summed E-state index contributed by atoms with van der Waals surface area (Å²) < 4.78 is 5.43. The third-order valence-electron chi connectivity index (χ3n) is 5.15. The van der Waals surface area contributed by atoms with E-state index in [-0.39, 0.29) is 11.9 Å². The molecule has 0 bridgehead atoms. The fourth-order valence-electron chi connectivity index (χ4n) is 3.55. The Hall–Kier alpha value is -2.47. The van der Waals surface area contributed by atoms with Crippen molar-refractivity contribution in [2.75, 3.05) is 19.0 Å². The Kier molecular flexibility index (Phi) is 4.13. The number of hydrogen-bond acceptors (Lipinski definition) is 5. The number of aromatic nitrogens is 2. The Morgan fingerprint density at radius 1 is 1.24 bits per heavy atom. The van der Waals surface area contributed by atoms with Gasteiger partial charge in [-0.05, 0) is 50.4 Å². The van der Waals surface area contributed by atoms with E-state index in [1.165, 1.54) is 0 Å². The Labute approximate surface area is 147 Å². The minimum Gasteiger partial charge on any atom is -0.496 e. The first-order valence-electron chi connectivity index (χ1n) is 8.75. The normalized spacial score (nSPS) is 20.9. The van der Waals surface area contributed by atoms with E-state index < -0.39 is 5.41 Å². The number of methoxy groups -OCH3 is 1. The molecular weight excluding hydrogens is 316 g/mol. The molecule has 2 aliphatic rings. The molecule has 1 amide bonds. The molecule has 1 aliphatic carbocycles. The lowest BCUT2D eigenvalue weighted by Crippen LogP contribution is -2.29. The zero-order valence-corrected chi connectivity index (χ0v) is 14.3. The van der Waals surface area contributed by atoms with Crippen LogP contribution in [0.15, 0.2) is 36.4 Å². The van der Waals surface area contributed by atoms with E-state index in [9.17, 15) is 4.79 Å². The van der Waals surface area contributed by atoms with Gasteiger partial charge in [0.2, 0.25) is 5.91 Å². The maximum Gasteiger partial charge on any atom is 0.236 e. The monoisotopic (exact) mass is 338 g/mol. The van der Waals surface area contributed by atoms with Crippen molar-refractivity contribution in [3.05, 3.63) is 47.7 Å². The number of hydrogen-bond donors (Lipinski definition) is 2. The summed E-state index contributed by atoms with van der Waals surface area (Å²) in [5, 5.41) is 14.8. The summed E-state index contributed by atoms with van der Waals surface area (Å²) in [5.74, 6) is 1.20. The molecule has 6 heteroatoms. The molecule has 2 aromatic rings. The zero-order valence-electron chi connectivity index (χ0n) is 14.3. The van der Waals surface area contributed by atoms with Crippen molar-refractivity contribution in [2.45, 2.75) is 37.1 Å². The average molecular weight is 338 g/mol. The highest BCUT2D eigenvalue weighted by Crippen LogP contribution is 2.51. The Balaban J connectivity index is 1.50. The molecule has 0 radical (unpaired) electrons. The number of benzene rings is 1. The van der Waals surface area contributed by atoms with Crippen LogP contribution >= 0.6 is 0 Å². The predicted molar refractivity (Wildman–Crippen MR) is 94.5 cm³/mol. The molecule has 25 heavy (non-hydrogen) atoms. The second-order valence-electron chi connectivity index (χ2n) is 6.73. The maximum atomic E-state index is 12.9. The first-order valence-corrected chi connectivity index (χ1v) is 8.75. The first-order chi connectivity index (χ1) is 12.2. The number of carbonyl (C=O) groups is 1. The molecule has 130 valence electrons. The smallest absolute Gasteiger partial charge is 0.236 e. The number of anilines is 1. The number of amides is 1. The lowest BCUT2D eigenvalue weighted by Gasteiger charge is -2.18. The van der Waals surface area contributed by atoms with Gasteiger partial charge in [-0.2, -0.15) is 5.10 Å². The van der Waals surface area contributed by atoms with Crippen LogP contribution in [-0.4, -0.2) is 29.8 Å². The van der Waals surface area contributed by atoms with Crippen molar-refractivity contribution < 1.29 is 9.53 Å². The minimum absolute atomic E-state index is 0.0435. The fourth-order valence-corrected chi connectivity index (χ4v) is 3.55. The Bertz CT molecular complexity index is 765. The third kappa shape index (κ3) is 2.98. The van der Waals surface area contributed by atoms with Gasteiger partial charge in [0.1, 0.15) is 5.75 Å². The van der Waals surface area contributed by atoms with Gasteiger partial charge in [0.15, 0.2) is 5.82 Å². The standard InChI is InChI=1S/C19H22N4O2/c1-25-16-7-3-2-5-13(16)19(10-11-19)18(24)21-17-9-8-15(22-23-17)14-6-4-12-20-14/h2-3,5,7-9,14,20H,4,6,10-12H2,1H3,(H,21,23,24). The summed E-state index contributed by atoms with van der Waals surface area (Å²) in [5.41, 5.74) is 1.36. The van der Waals surface area contributed by atoms with Gasteiger partial charge in [-0.25, -0.2) is 0 Å². The van der Waals surface area contributed by atoms with Gasteiger partial charge in [-0.15, -0.1) is 5.10 Å². The number of rotatable bonds is 5. The topological polar surface area (TPSA) is 76.1 Å². The summed E-state index contributed by atoms with van der Waals surface area (Å²) in [6.07, 6.45) is 3.87. The van der Waals surface area contributed by atoms with E-state index in [2.05, 4.69) is 20.8 Å². The number of para-hydroxylation sites is 1. The highest BCUT2D eigenvalue weighted by molar-refractivity contribution is 6.01. The summed E-state index contributed by atoms with van der Waals surface area (Å²) in [4.78, 5) is 12.9. The van der Waals surface area contributed by atoms with E-state index in [0.29, 0.717) is 5.82 Å².